The zero-order valence-corrected chi connectivity index (χ0v) is 9.70. The van der Waals surface area contributed by atoms with E-state index in [1.807, 2.05) is 6.92 Å². The Morgan fingerprint density at radius 1 is 1.61 bits per heavy atom. The molecule has 0 aliphatic carbocycles. The van der Waals surface area contributed by atoms with Crippen molar-refractivity contribution in [1.82, 2.24) is 14.8 Å². The van der Waals surface area contributed by atoms with Gasteiger partial charge < -0.3 is 15.6 Å². The number of carboxylic acid groups (broad SMARTS) is 1. The van der Waals surface area contributed by atoms with Gasteiger partial charge in [-0.15, -0.1) is 0 Å². The molecule has 0 spiro atoms. The van der Waals surface area contributed by atoms with Crippen molar-refractivity contribution in [2.24, 2.45) is 0 Å². The van der Waals surface area contributed by atoms with Gasteiger partial charge in [0.05, 0.1) is 18.5 Å². The van der Waals surface area contributed by atoms with Gasteiger partial charge in [0.1, 0.15) is 0 Å². The van der Waals surface area contributed by atoms with E-state index in [4.69, 9.17) is 15.6 Å². The zero-order valence-electron chi connectivity index (χ0n) is 9.70. The van der Waals surface area contributed by atoms with Gasteiger partial charge in [-0.25, -0.2) is 14.5 Å². The number of aromatic carboxylic acids is 1. The molecule has 2 heterocycles. The second kappa shape index (κ2) is 4.74. The van der Waals surface area contributed by atoms with Gasteiger partial charge in [0.2, 0.25) is 0 Å². The van der Waals surface area contributed by atoms with Crippen molar-refractivity contribution in [3.05, 3.63) is 30.2 Å². The Hall–Kier alpha value is -2.57. The van der Waals surface area contributed by atoms with E-state index in [0.717, 1.165) is 0 Å². The van der Waals surface area contributed by atoms with Crippen LogP contribution in [0.25, 0.3) is 5.82 Å². The number of ether oxygens (including phenoxy) is 1. The molecule has 0 atom stereocenters. The van der Waals surface area contributed by atoms with Crippen molar-refractivity contribution < 1.29 is 14.6 Å². The van der Waals surface area contributed by atoms with E-state index in [9.17, 15) is 4.79 Å². The number of aromatic nitrogens is 3. The average molecular weight is 248 g/mol. The van der Waals surface area contributed by atoms with Crippen LogP contribution in [0.1, 0.15) is 17.4 Å². The van der Waals surface area contributed by atoms with Crippen LogP contribution in [0, 0.1) is 0 Å². The van der Waals surface area contributed by atoms with E-state index >= 15 is 0 Å². The smallest absolute Gasteiger partial charge is 0.358 e. The van der Waals surface area contributed by atoms with Gasteiger partial charge in [-0.1, -0.05) is 0 Å². The Morgan fingerprint density at radius 2 is 2.39 bits per heavy atom. The number of pyridine rings is 1. The summed E-state index contributed by atoms with van der Waals surface area (Å²) in [5.41, 5.74) is 5.44. The van der Waals surface area contributed by atoms with Crippen LogP contribution in [-0.4, -0.2) is 32.4 Å². The lowest BCUT2D eigenvalue weighted by atomic mass is 10.4. The number of nitrogen functional groups attached to an aromatic ring is 1. The van der Waals surface area contributed by atoms with Crippen molar-refractivity contribution in [1.29, 1.82) is 0 Å². The highest BCUT2D eigenvalue weighted by atomic mass is 16.5. The largest absolute Gasteiger partial charge is 0.490 e. The van der Waals surface area contributed by atoms with Gasteiger partial charge in [0, 0.05) is 6.20 Å². The molecule has 2 rings (SSSR count). The summed E-state index contributed by atoms with van der Waals surface area (Å²) >= 11 is 0. The fraction of sp³-hybridized carbons (Fsp3) is 0.182. The number of nitrogens with two attached hydrogens (primary N) is 1. The van der Waals surface area contributed by atoms with E-state index in [-0.39, 0.29) is 11.4 Å². The number of carbonyl (C=O) groups is 1. The first kappa shape index (κ1) is 11.9. The van der Waals surface area contributed by atoms with Crippen molar-refractivity contribution in [2.45, 2.75) is 6.92 Å². The lowest BCUT2D eigenvalue weighted by molar-refractivity contribution is 0.0691. The normalized spacial score (nSPS) is 10.3. The maximum absolute atomic E-state index is 10.9. The summed E-state index contributed by atoms with van der Waals surface area (Å²) in [6.45, 7) is 2.32. The van der Waals surface area contributed by atoms with Crippen LogP contribution in [-0.2, 0) is 0 Å². The van der Waals surface area contributed by atoms with E-state index < -0.39 is 5.97 Å². The molecule has 3 N–H and O–H groups in total. The molecule has 0 unspecified atom stereocenters. The van der Waals surface area contributed by atoms with Crippen LogP contribution < -0.4 is 10.5 Å². The SMILES string of the molecule is CCOc1cccnc1-n1cc(N)c(C(=O)O)n1. The molecule has 7 heteroatoms. The molecule has 0 aromatic carbocycles. The summed E-state index contributed by atoms with van der Waals surface area (Å²) in [5, 5.41) is 12.8. The standard InChI is InChI=1S/C11H12N4O3/c1-2-18-8-4-3-5-13-10(8)15-6-7(12)9(14-15)11(16)17/h3-6H,2,12H2,1H3,(H,16,17). The van der Waals surface area contributed by atoms with Crippen LogP contribution in [0.4, 0.5) is 5.69 Å². The van der Waals surface area contributed by atoms with Crippen molar-refractivity contribution in [3.63, 3.8) is 0 Å². The second-order valence-corrected chi connectivity index (χ2v) is 3.44. The monoisotopic (exact) mass is 248 g/mol. The summed E-state index contributed by atoms with van der Waals surface area (Å²) in [4.78, 5) is 15.0. The number of carboxylic acids is 1. The predicted molar refractivity (Wildman–Crippen MR) is 63.9 cm³/mol. The quantitative estimate of drug-likeness (QED) is 0.834. The summed E-state index contributed by atoms with van der Waals surface area (Å²) in [7, 11) is 0. The zero-order chi connectivity index (χ0) is 13.1. The van der Waals surface area contributed by atoms with Gasteiger partial charge in [-0.05, 0) is 19.1 Å². The Labute approximate surface area is 103 Å². The van der Waals surface area contributed by atoms with Crippen molar-refractivity contribution >= 4 is 11.7 Å². The van der Waals surface area contributed by atoms with Crippen LogP contribution in [0.3, 0.4) is 0 Å². The Kier molecular flexibility index (Phi) is 3.13. The Morgan fingerprint density at radius 3 is 3.00 bits per heavy atom. The third-order valence-electron chi connectivity index (χ3n) is 2.21. The highest BCUT2D eigenvalue weighted by Crippen LogP contribution is 2.21. The summed E-state index contributed by atoms with van der Waals surface area (Å²) in [6.07, 6.45) is 2.96. The Balaban J connectivity index is 2.48. The molecule has 94 valence electrons. The lowest BCUT2D eigenvalue weighted by Crippen LogP contribution is -2.05. The summed E-state index contributed by atoms with van der Waals surface area (Å²) < 4.78 is 6.68. The molecule has 2 aromatic heterocycles. The third-order valence-corrected chi connectivity index (χ3v) is 2.21. The lowest BCUT2D eigenvalue weighted by Gasteiger charge is -2.07. The minimum absolute atomic E-state index is 0.0793. The van der Waals surface area contributed by atoms with Gasteiger partial charge in [-0.3, -0.25) is 0 Å². The fourth-order valence-electron chi connectivity index (χ4n) is 1.48. The Bertz CT molecular complexity index is 579. The van der Waals surface area contributed by atoms with Crippen LogP contribution in [0.5, 0.6) is 5.75 Å². The van der Waals surface area contributed by atoms with E-state index in [1.54, 1.807) is 18.3 Å². The molecule has 0 saturated carbocycles. The molecule has 0 saturated heterocycles. The highest BCUT2D eigenvalue weighted by Gasteiger charge is 2.16. The molecule has 0 amide bonds. The first-order valence-corrected chi connectivity index (χ1v) is 5.30. The summed E-state index contributed by atoms with van der Waals surface area (Å²) in [5.74, 6) is -0.266. The van der Waals surface area contributed by atoms with E-state index in [0.29, 0.717) is 18.2 Å². The predicted octanol–water partition coefficient (Wildman–Crippen LogP) is 0.946. The second-order valence-electron chi connectivity index (χ2n) is 3.44. The first-order valence-electron chi connectivity index (χ1n) is 5.30. The molecule has 0 aliphatic heterocycles. The number of nitrogens with zero attached hydrogens (tertiary/aromatic N) is 3. The number of rotatable bonds is 4. The highest BCUT2D eigenvalue weighted by molar-refractivity contribution is 5.91. The molecule has 0 fully saturated rings. The minimum Gasteiger partial charge on any atom is -0.490 e. The van der Waals surface area contributed by atoms with Crippen LogP contribution in [0.15, 0.2) is 24.5 Å². The molecule has 2 aromatic rings. The van der Waals surface area contributed by atoms with E-state index in [1.165, 1.54) is 10.9 Å². The van der Waals surface area contributed by atoms with Gasteiger partial charge in [-0.2, -0.15) is 5.10 Å². The molecular weight excluding hydrogens is 236 g/mol. The van der Waals surface area contributed by atoms with Crippen molar-refractivity contribution in [2.75, 3.05) is 12.3 Å². The van der Waals surface area contributed by atoms with Gasteiger partial charge in [0.25, 0.3) is 0 Å². The van der Waals surface area contributed by atoms with Crippen molar-refractivity contribution in [3.8, 4) is 11.6 Å². The average Bonchev–Trinajstić information content (AvgIpc) is 2.72. The minimum atomic E-state index is -1.18. The fourth-order valence-corrected chi connectivity index (χ4v) is 1.48. The van der Waals surface area contributed by atoms with E-state index in [2.05, 4.69) is 10.1 Å². The topological polar surface area (TPSA) is 103 Å². The third kappa shape index (κ3) is 2.10. The first-order chi connectivity index (χ1) is 8.63. The number of hydrogen-bond acceptors (Lipinski definition) is 5. The molecule has 0 radical (unpaired) electrons. The molecule has 18 heavy (non-hydrogen) atoms. The molecule has 0 aliphatic rings. The van der Waals surface area contributed by atoms with Crippen LogP contribution >= 0.6 is 0 Å². The van der Waals surface area contributed by atoms with Gasteiger partial charge in [0.15, 0.2) is 17.3 Å². The maximum Gasteiger partial charge on any atom is 0.358 e. The number of hydrogen-bond donors (Lipinski definition) is 2. The van der Waals surface area contributed by atoms with Gasteiger partial charge >= 0.3 is 5.97 Å². The summed E-state index contributed by atoms with van der Waals surface area (Å²) in [6, 6.07) is 3.45. The molecule has 7 nitrogen and oxygen atoms in total. The maximum atomic E-state index is 10.9. The number of anilines is 1. The van der Waals surface area contributed by atoms with Crippen LogP contribution in [0.2, 0.25) is 0 Å². The molecule has 0 bridgehead atoms. The molecular formula is C11H12N4O3.